The van der Waals surface area contributed by atoms with E-state index in [2.05, 4.69) is 10.1 Å². The van der Waals surface area contributed by atoms with Crippen molar-refractivity contribution < 1.29 is 9.26 Å². The standard InChI is InChI=1S/C21H21ClN4O3S2/c1-13(2)28-8-3-7-26-20(27)16-5-4-15(22)10-17(16)23-21(26)31-12-18-24-19(25-29-18)14-6-9-30-11-14/h4-6,9-11,13H,3,7-8,12H2,1-2H3. The molecule has 0 saturated carbocycles. The maximum absolute atomic E-state index is 13.1. The Labute approximate surface area is 192 Å². The second kappa shape index (κ2) is 9.95. The lowest BCUT2D eigenvalue weighted by atomic mass is 10.2. The number of aromatic nitrogens is 4. The fraction of sp³-hybridized carbons (Fsp3) is 0.333. The summed E-state index contributed by atoms with van der Waals surface area (Å²) in [4.78, 5) is 22.3. The number of fused-ring (bicyclic) bond motifs is 1. The van der Waals surface area contributed by atoms with Gasteiger partial charge in [0, 0.05) is 29.1 Å². The number of hydrogen-bond donors (Lipinski definition) is 0. The molecule has 0 aliphatic rings. The summed E-state index contributed by atoms with van der Waals surface area (Å²) >= 11 is 9.07. The summed E-state index contributed by atoms with van der Waals surface area (Å²) < 4.78 is 12.7. The summed E-state index contributed by atoms with van der Waals surface area (Å²) in [6.45, 7) is 5.05. The Morgan fingerprint density at radius 3 is 2.94 bits per heavy atom. The molecule has 0 spiro atoms. The zero-order valence-electron chi connectivity index (χ0n) is 17.1. The number of ether oxygens (including phenoxy) is 1. The zero-order chi connectivity index (χ0) is 21.8. The van der Waals surface area contributed by atoms with Crippen LogP contribution in [0, 0.1) is 0 Å². The molecule has 0 atom stereocenters. The van der Waals surface area contributed by atoms with Crippen LogP contribution in [0.4, 0.5) is 0 Å². The molecule has 3 heterocycles. The van der Waals surface area contributed by atoms with Gasteiger partial charge >= 0.3 is 0 Å². The molecule has 1 aromatic carbocycles. The van der Waals surface area contributed by atoms with Gasteiger partial charge in [0.1, 0.15) is 0 Å². The minimum absolute atomic E-state index is 0.0989. The van der Waals surface area contributed by atoms with Crippen LogP contribution in [-0.4, -0.2) is 32.4 Å². The number of nitrogens with zero attached hydrogens (tertiary/aromatic N) is 4. The zero-order valence-corrected chi connectivity index (χ0v) is 19.5. The van der Waals surface area contributed by atoms with Crippen LogP contribution in [0.3, 0.4) is 0 Å². The first-order chi connectivity index (χ1) is 15.0. The van der Waals surface area contributed by atoms with Crippen molar-refractivity contribution in [2.75, 3.05) is 6.61 Å². The van der Waals surface area contributed by atoms with Crippen LogP contribution in [0.1, 0.15) is 26.2 Å². The molecule has 0 unspecified atom stereocenters. The van der Waals surface area contributed by atoms with Crippen molar-refractivity contribution in [3.05, 3.63) is 56.3 Å². The third-order valence-electron chi connectivity index (χ3n) is 4.43. The molecule has 0 saturated heterocycles. The first kappa shape index (κ1) is 22.0. The fourth-order valence-electron chi connectivity index (χ4n) is 2.97. The van der Waals surface area contributed by atoms with Crippen LogP contribution in [0.2, 0.25) is 5.02 Å². The van der Waals surface area contributed by atoms with Crippen molar-refractivity contribution in [2.45, 2.75) is 43.8 Å². The van der Waals surface area contributed by atoms with E-state index in [1.807, 2.05) is 30.7 Å². The summed E-state index contributed by atoms with van der Waals surface area (Å²) in [7, 11) is 0. The Morgan fingerprint density at radius 1 is 1.29 bits per heavy atom. The highest BCUT2D eigenvalue weighted by atomic mass is 35.5. The fourth-order valence-corrected chi connectivity index (χ4v) is 4.64. The molecule has 0 fully saturated rings. The predicted molar refractivity (Wildman–Crippen MR) is 124 cm³/mol. The molecular formula is C21H21ClN4O3S2. The highest BCUT2D eigenvalue weighted by molar-refractivity contribution is 7.98. The average molecular weight is 477 g/mol. The van der Waals surface area contributed by atoms with Gasteiger partial charge < -0.3 is 9.26 Å². The van der Waals surface area contributed by atoms with Gasteiger partial charge in [-0.25, -0.2) is 4.98 Å². The minimum Gasteiger partial charge on any atom is -0.379 e. The monoisotopic (exact) mass is 476 g/mol. The number of rotatable bonds is 9. The molecule has 0 aliphatic heterocycles. The molecule has 10 heteroatoms. The van der Waals surface area contributed by atoms with E-state index in [0.717, 1.165) is 5.56 Å². The molecule has 0 N–H and O–H groups in total. The first-order valence-corrected chi connectivity index (χ1v) is 12.1. The third-order valence-corrected chi connectivity index (χ3v) is 6.31. The van der Waals surface area contributed by atoms with Crippen molar-refractivity contribution in [1.82, 2.24) is 19.7 Å². The van der Waals surface area contributed by atoms with Gasteiger partial charge in [0.2, 0.25) is 11.7 Å². The van der Waals surface area contributed by atoms with E-state index >= 15 is 0 Å². The molecule has 4 rings (SSSR count). The Kier molecular flexibility index (Phi) is 7.06. The molecule has 0 radical (unpaired) electrons. The maximum Gasteiger partial charge on any atom is 0.262 e. The Bertz CT molecular complexity index is 1220. The van der Waals surface area contributed by atoms with Gasteiger partial charge in [0.15, 0.2) is 5.16 Å². The predicted octanol–water partition coefficient (Wildman–Crippen LogP) is 5.27. The topological polar surface area (TPSA) is 83.0 Å². The molecule has 0 bridgehead atoms. The number of hydrogen-bond acceptors (Lipinski definition) is 8. The van der Waals surface area contributed by atoms with Gasteiger partial charge in [-0.05, 0) is 49.9 Å². The molecule has 0 amide bonds. The molecular weight excluding hydrogens is 456 g/mol. The maximum atomic E-state index is 13.1. The van der Waals surface area contributed by atoms with Gasteiger partial charge in [-0.1, -0.05) is 28.5 Å². The van der Waals surface area contributed by atoms with Gasteiger partial charge in [-0.2, -0.15) is 16.3 Å². The Morgan fingerprint density at radius 2 is 2.16 bits per heavy atom. The third kappa shape index (κ3) is 5.35. The van der Waals surface area contributed by atoms with E-state index in [9.17, 15) is 4.79 Å². The number of thioether (sulfide) groups is 1. The summed E-state index contributed by atoms with van der Waals surface area (Å²) in [6, 6.07) is 7.07. The summed E-state index contributed by atoms with van der Waals surface area (Å²) in [5.41, 5.74) is 1.39. The van der Waals surface area contributed by atoms with Crippen LogP contribution < -0.4 is 5.56 Å². The second-order valence-electron chi connectivity index (χ2n) is 7.10. The highest BCUT2D eigenvalue weighted by Crippen LogP contribution is 2.25. The Balaban J connectivity index is 1.58. The Hall–Kier alpha value is -2.20. The van der Waals surface area contributed by atoms with Crippen molar-refractivity contribution in [3.63, 3.8) is 0 Å². The van der Waals surface area contributed by atoms with E-state index in [4.69, 9.17) is 25.8 Å². The minimum atomic E-state index is -0.0989. The number of benzene rings is 1. The lowest BCUT2D eigenvalue weighted by Gasteiger charge is -2.13. The normalized spacial score (nSPS) is 11.6. The van der Waals surface area contributed by atoms with E-state index in [0.29, 0.717) is 58.1 Å². The molecule has 7 nitrogen and oxygen atoms in total. The van der Waals surface area contributed by atoms with Gasteiger partial charge in [-0.15, -0.1) is 0 Å². The first-order valence-electron chi connectivity index (χ1n) is 9.81. The van der Waals surface area contributed by atoms with Gasteiger partial charge in [-0.3, -0.25) is 9.36 Å². The quantitative estimate of drug-likeness (QED) is 0.185. The largest absolute Gasteiger partial charge is 0.379 e. The van der Waals surface area contributed by atoms with Crippen LogP contribution in [0.15, 0.2) is 49.5 Å². The lowest BCUT2D eigenvalue weighted by Crippen LogP contribution is -2.24. The van der Waals surface area contributed by atoms with Gasteiger partial charge in [0.25, 0.3) is 5.56 Å². The number of halogens is 1. The lowest BCUT2D eigenvalue weighted by molar-refractivity contribution is 0.0743. The van der Waals surface area contributed by atoms with Gasteiger partial charge in [0.05, 0.1) is 22.8 Å². The molecule has 0 aliphatic carbocycles. The number of thiophene rings is 1. The smallest absolute Gasteiger partial charge is 0.262 e. The van der Waals surface area contributed by atoms with E-state index in [1.165, 1.54) is 11.8 Å². The van der Waals surface area contributed by atoms with Crippen LogP contribution in [0.25, 0.3) is 22.3 Å². The summed E-state index contributed by atoms with van der Waals surface area (Å²) in [6.07, 6.45) is 0.854. The van der Waals surface area contributed by atoms with Crippen molar-refractivity contribution in [2.24, 2.45) is 0 Å². The average Bonchev–Trinajstić information content (AvgIpc) is 3.42. The van der Waals surface area contributed by atoms with E-state index < -0.39 is 0 Å². The molecule has 4 aromatic rings. The van der Waals surface area contributed by atoms with Crippen LogP contribution in [-0.2, 0) is 17.0 Å². The van der Waals surface area contributed by atoms with Crippen molar-refractivity contribution in [1.29, 1.82) is 0 Å². The highest BCUT2D eigenvalue weighted by Gasteiger charge is 2.15. The van der Waals surface area contributed by atoms with Crippen molar-refractivity contribution in [3.8, 4) is 11.4 Å². The molecule has 3 aromatic heterocycles. The van der Waals surface area contributed by atoms with Crippen molar-refractivity contribution >= 4 is 45.6 Å². The SMILES string of the molecule is CC(C)OCCCn1c(SCc2nc(-c3ccsc3)no2)nc2cc(Cl)ccc2c1=O. The van der Waals surface area contributed by atoms with E-state index in [1.54, 1.807) is 34.1 Å². The molecule has 31 heavy (non-hydrogen) atoms. The van der Waals surface area contributed by atoms with Crippen LogP contribution >= 0.6 is 34.7 Å². The summed E-state index contributed by atoms with van der Waals surface area (Å²) in [5.74, 6) is 1.43. The second-order valence-corrected chi connectivity index (χ2v) is 9.26. The summed E-state index contributed by atoms with van der Waals surface area (Å²) in [5, 5.41) is 9.62. The molecule has 162 valence electrons. The van der Waals surface area contributed by atoms with E-state index in [-0.39, 0.29) is 11.7 Å². The van der Waals surface area contributed by atoms with Crippen LogP contribution in [0.5, 0.6) is 0 Å².